The number of carbonyl (C=O) groups excluding carboxylic acids is 1. The quantitative estimate of drug-likeness (QED) is 0.569. The molecular formula is C11H8ClNO2. The Morgan fingerprint density at radius 2 is 2.20 bits per heavy atom. The number of carbonyl (C=O) groups is 1. The van der Waals surface area contributed by atoms with Crippen molar-refractivity contribution < 1.29 is 9.53 Å². The molecule has 15 heavy (non-hydrogen) atoms. The van der Waals surface area contributed by atoms with Gasteiger partial charge in [-0.15, -0.1) is 0 Å². The molecule has 3 nitrogen and oxygen atoms in total. The molecule has 0 aliphatic heterocycles. The number of nitriles is 1. The molecule has 0 amide bonds. The number of benzene rings is 1. The van der Waals surface area contributed by atoms with E-state index in [1.807, 2.05) is 6.07 Å². The zero-order chi connectivity index (χ0) is 11.4. The highest BCUT2D eigenvalue weighted by molar-refractivity contribution is 6.31. The van der Waals surface area contributed by atoms with Gasteiger partial charge < -0.3 is 4.74 Å². The zero-order valence-corrected chi connectivity index (χ0v) is 8.84. The van der Waals surface area contributed by atoms with E-state index in [-0.39, 0.29) is 5.57 Å². The number of esters is 1. The predicted molar refractivity (Wildman–Crippen MR) is 57.2 cm³/mol. The molecule has 0 radical (unpaired) electrons. The van der Waals surface area contributed by atoms with Crippen molar-refractivity contribution >= 4 is 23.1 Å². The van der Waals surface area contributed by atoms with Crippen molar-refractivity contribution in [3.8, 4) is 6.07 Å². The van der Waals surface area contributed by atoms with Crippen molar-refractivity contribution in [1.82, 2.24) is 0 Å². The van der Waals surface area contributed by atoms with Crippen molar-refractivity contribution in [2.24, 2.45) is 0 Å². The van der Waals surface area contributed by atoms with Crippen molar-refractivity contribution in [3.63, 3.8) is 0 Å². The SMILES string of the molecule is C=C(C(=O)OC)c1cc(Cl)cc(C#N)c1. The summed E-state index contributed by atoms with van der Waals surface area (Å²) in [7, 11) is 1.27. The van der Waals surface area contributed by atoms with Crippen molar-refractivity contribution in [1.29, 1.82) is 5.26 Å². The number of rotatable bonds is 2. The monoisotopic (exact) mass is 221 g/mol. The third-order valence-electron chi connectivity index (χ3n) is 1.81. The van der Waals surface area contributed by atoms with E-state index in [2.05, 4.69) is 11.3 Å². The minimum absolute atomic E-state index is 0.177. The van der Waals surface area contributed by atoms with Gasteiger partial charge in [0, 0.05) is 5.02 Å². The van der Waals surface area contributed by atoms with Crippen LogP contribution in [0.15, 0.2) is 24.8 Å². The Morgan fingerprint density at radius 1 is 1.53 bits per heavy atom. The fraction of sp³-hybridized carbons (Fsp3) is 0.0909. The first-order valence-electron chi connectivity index (χ1n) is 4.06. The number of ether oxygens (including phenoxy) is 1. The van der Waals surface area contributed by atoms with Gasteiger partial charge in [-0.1, -0.05) is 18.2 Å². The number of methoxy groups -OCH3 is 1. The summed E-state index contributed by atoms with van der Waals surface area (Å²) >= 11 is 5.78. The number of nitrogens with zero attached hydrogens (tertiary/aromatic N) is 1. The Balaban J connectivity index is 3.16. The first-order valence-corrected chi connectivity index (χ1v) is 4.44. The summed E-state index contributed by atoms with van der Waals surface area (Å²) in [6, 6.07) is 6.54. The molecule has 1 aromatic rings. The summed E-state index contributed by atoms with van der Waals surface area (Å²) < 4.78 is 4.52. The van der Waals surface area contributed by atoms with E-state index in [0.29, 0.717) is 16.1 Å². The molecule has 0 atom stereocenters. The van der Waals surface area contributed by atoms with Crippen LogP contribution in [0, 0.1) is 11.3 Å². The fourth-order valence-corrected chi connectivity index (χ4v) is 1.30. The summed E-state index contributed by atoms with van der Waals surface area (Å²) in [5.74, 6) is -0.541. The molecule has 0 N–H and O–H groups in total. The van der Waals surface area contributed by atoms with Gasteiger partial charge in [-0.2, -0.15) is 5.26 Å². The zero-order valence-electron chi connectivity index (χ0n) is 8.08. The second kappa shape index (κ2) is 4.63. The lowest BCUT2D eigenvalue weighted by Crippen LogP contribution is -2.02. The lowest BCUT2D eigenvalue weighted by atomic mass is 10.1. The molecule has 0 aromatic heterocycles. The molecule has 1 rings (SSSR count). The van der Waals surface area contributed by atoms with Crippen molar-refractivity contribution in [2.75, 3.05) is 7.11 Å². The molecule has 76 valence electrons. The molecular weight excluding hydrogens is 214 g/mol. The van der Waals surface area contributed by atoms with Gasteiger partial charge in [0.1, 0.15) is 0 Å². The highest BCUT2D eigenvalue weighted by atomic mass is 35.5. The molecule has 0 spiro atoms. The van der Waals surface area contributed by atoms with Crippen LogP contribution < -0.4 is 0 Å². The van der Waals surface area contributed by atoms with Crippen molar-refractivity contribution in [3.05, 3.63) is 40.9 Å². The number of hydrogen-bond donors (Lipinski definition) is 0. The van der Waals surface area contributed by atoms with Gasteiger partial charge in [0.05, 0.1) is 24.3 Å². The van der Waals surface area contributed by atoms with Gasteiger partial charge in [-0.25, -0.2) is 4.79 Å². The molecule has 0 unspecified atom stereocenters. The Morgan fingerprint density at radius 3 is 2.73 bits per heavy atom. The minimum Gasteiger partial charge on any atom is -0.465 e. The summed E-state index contributed by atoms with van der Waals surface area (Å²) in [6.07, 6.45) is 0. The Kier molecular flexibility index (Phi) is 3.48. The average Bonchev–Trinajstić information content (AvgIpc) is 2.26. The molecule has 0 aliphatic carbocycles. The maximum Gasteiger partial charge on any atom is 0.337 e. The largest absolute Gasteiger partial charge is 0.465 e. The van der Waals surface area contributed by atoms with Crippen LogP contribution in [0.2, 0.25) is 5.02 Å². The molecule has 0 aliphatic rings. The Hall–Kier alpha value is -1.79. The number of halogens is 1. The highest BCUT2D eigenvalue weighted by Gasteiger charge is 2.10. The fourth-order valence-electron chi connectivity index (χ4n) is 1.07. The van der Waals surface area contributed by atoms with Gasteiger partial charge in [0.15, 0.2) is 0 Å². The third kappa shape index (κ3) is 2.58. The van der Waals surface area contributed by atoms with E-state index in [0.717, 1.165) is 0 Å². The first kappa shape index (κ1) is 11.3. The molecule has 0 saturated heterocycles. The minimum atomic E-state index is -0.541. The first-order chi connectivity index (χ1) is 7.08. The van der Waals surface area contributed by atoms with Crippen LogP contribution in [0.1, 0.15) is 11.1 Å². The van der Waals surface area contributed by atoms with Gasteiger partial charge in [-0.3, -0.25) is 0 Å². The summed E-state index contributed by atoms with van der Waals surface area (Å²) in [5.41, 5.74) is 1.05. The standard InChI is InChI=1S/C11H8ClNO2/c1-7(11(14)15-2)9-3-8(6-13)4-10(12)5-9/h3-5H,1H2,2H3. The van der Waals surface area contributed by atoms with E-state index in [4.69, 9.17) is 16.9 Å². The van der Waals surface area contributed by atoms with Gasteiger partial charge >= 0.3 is 5.97 Å². The molecule has 0 heterocycles. The van der Waals surface area contributed by atoms with Crippen LogP contribution >= 0.6 is 11.6 Å². The molecule has 1 aromatic carbocycles. The molecule has 4 heteroatoms. The number of hydrogen-bond acceptors (Lipinski definition) is 3. The summed E-state index contributed by atoms with van der Waals surface area (Å²) in [6.45, 7) is 3.57. The lowest BCUT2D eigenvalue weighted by molar-refractivity contribution is -0.133. The Labute approximate surface area is 92.5 Å². The smallest absolute Gasteiger partial charge is 0.337 e. The molecule has 0 fully saturated rings. The summed E-state index contributed by atoms with van der Waals surface area (Å²) in [4.78, 5) is 11.2. The van der Waals surface area contributed by atoms with E-state index >= 15 is 0 Å². The highest BCUT2D eigenvalue weighted by Crippen LogP contribution is 2.20. The van der Waals surface area contributed by atoms with Crippen LogP contribution in [0.4, 0.5) is 0 Å². The normalized spacial score (nSPS) is 9.13. The van der Waals surface area contributed by atoms with E-state index in [9.17, 15) is 4.79 Å². The topological polar surface area (TPSA) is 50.1 Å². The van der Waals surface area contributed by atoms with E-state index in [1.165, 1.54) is 19.2 Å². The van der Waals surface area contributed by atoms with Crippen molar-refractivity contribution in [2.45, 2.75) is 0 Å². The van der Waals surface area contributed by atoms with Crippen LogP contribution in [-0.2, 0) is 9.53 Å². The maximum atomic E-state index is 11.2. The van der Waals surface area contributed by atoms with Gasteiger partial charge in [-0.05, 0) is 23.8 Å². The molecule has 0 bridgehead atoms. The lowest BCUT2D eigenvalue weighted by Gasteiger charge is -2.04. The second-order valence-corrected chi connectivity index (χ2v) is 3.25. The second-order valence-electron chi connectivity index (χ2n) is 2.81. The average molecular weight is 222 g/mol. The van der Waals surface area contributed by atoms with E-state index in [1.54, 1.807) is 6.07 Å². The van der Waals surface area contributed by atoms with E-state index < -0.39 is 5.97 Å². The van der Waals surface area contributed by atoms with Crippen LogP contribution in [-0.4, -0.2) is 13.1 Å². The van der Waals surface area contributed by atoms with Gasteiger partial charge in [0.25, 0.3) is 0 Å². The van der Waals surface area contributed by atoms with Crippen LogP contribution in [0.3, 0.4) is 0 Å². The predicted octanol–water partition coefficient (Wildman–Crippen LogP) is 2.40. The Bertz CT molecular complexity index is 460. The molecule has 0 saturated carbocycles. The maximum absolute atomic E-state index is 11.2. The summed E-state index contributed by atoms with van der Waals surface area (Å²) in [5, 5.41) is 9.09. The van der Waals surface area contributed by atoms with Gasteiger partial charge in [0.2, 0.25) is 0 Å². The van der Waals surface area contributed by atoms with Crippen LogP contribution in [0.25, 0.3) is 5.57 Å². The third-order valence-corrected chi connectivity index (χ3v) is 2.03. The van der Waals surface area contributed by atoms with Crippen LogP contribution in [0.5, 0.6) is 0 Å².